The molecule has 0 radical (unpaired) electrons. The molecule has 0 aliphatic carbocycles. The molecule has 2 aromatic carbocycles. The van der Waals surface area contributed by atoms with Crippen LogP contribution in [0.2, 0.25) is 5.02 Å². The number of nitrogen functional groups attached to an aromatic ring is 1. The zero-order valence-electron chi connectivity index (χ0n) is 12.2. The Kier molecular flexibility index (Phi) is 4.70. The number of halogens is 4. The summed E-state index contributed by atoms with van der Waals surface area (Å²) in [5, 5.41) is 17.9. The van der Waals surface area contributed by atoms with Crippen molar-refractivity contribution in [3.63, 3.8) is 0 Å². The van der Waals surface area contributed by atoms with Crippen LogP contribution in [0.15, 0.2) is 12.1 Å². The lowest BCUT2D eigenvalue weighted by Gasteiger charge is -2.17. The SMILES string of the molecule is CNc1c(C=N)ccc(F)c1-c1c(F)c(N)c(C(=O)O)c(F)c1Cl. The fourth-order valence-electron chi connectivity index (χ4n) is 2.33. The van der Waals surface area contributed by atoms with E-state index in [1.807, 2.05) is 0 Å². The van der Waals surface area contributed by atoms with Crippen molar-refractivity contribution in [2.45, 2.75) is 0 Å². The van der Waals surface area contributed by atoms with Crippen LogP contribution in [0.1, 0.15) is 15.9 Å². The van der Waals surface area contributed by atoms with Crippen molar-refractivity contribution >= 4 is 35.2 Å². The third-order valence-corrected chi connectivity index (χ3v) is 3.77. The highest BCUT2D eigenvalue weighted by Crippen LogP contribution is 2.43. The maximum absolute atomic E-state index is 14.6. The third-order valence-electron chi connectivity index (χ3n) is 3.41. The smallest absolute Gasteiger partial charge is 0.340 e. The van der Waals surface area contributed by atoms with Crippen molar-refractivity contribution in [1.82, 2.24) is 0 Å². The number of nitrogens with two attached hydrogens (primary N) is 1. The van der Waals surface area contributed by atoms with E-state index in [0.29, 0.717) is 0 Å². The number of carbonyl (C=O) groups is 1. The van der Waals surface area contributed by atoms with Gasteiger partial charge in [0.25, 0.3) is 0 Å². The number of benzene rings is 2. The summed E-state index contributed by atoms with van der Waals surface area (Å²) in [5.74, 6) is -5.59. The minimum Gasteiger partial charge on any atom is -0.478 e. The van der Waals surface area contributed by atoms with Crippen LogP contribution in [0.3, 0.4) is 0 Å². The molecule has 0 atom stereocenters. The van der Waals surface area contributed by atoms with E-state index >= 15 is 0 Å². The average Bonchev–Trinajstić information content (AvgIpc) is 2.54. The van der Waals surface area contributed by atoms with Crippen molar-refractivity contribution in [2.75, 3.05) is 18.1 Å². The van der Waals surface area contributed by atoms with Gasteiger partial charge in [-0.3, -0.25) is 0 Å². The highest BCUT2D eigenvalue weighted by Gasteiger charge is 2.29. The summed E-state index contributed by atoms with van der Waals surface area (Å²) in [6.07, 6.45) is 0.881. The Balaban J connectivity index is 3.00. The van der Waals surface area contributed by atoms with Gasteiger partial charge in [0.1, 0.15) is 11.4 Å². The molecule has 0 heterocycles. The first kappa shape index (κ1) is 17.6. The Morgan fingerprint density at radius 3 is 2.42 bits per heavy atom. The van der Waals surface area contributed by atoms with E-state index in [0.717, 1.165) is 12.3 Å². The van der Waals surface area contributed by atoms with Gasteiger partial charge >= 0.3 is 5.97 Å². The zero-order valence-corrected chi connectivity index (χ0v) is 12.9. The number of carboxylic acids is 1. The third kappa shape index (κ3) is 2.54. The van der Waals surface area contributed by atoms with Gasteiger partial charge in [-0.15, -0.1) is 0 Å². The second-order valence-corrected chi connectivity index (χ2v) is 5.07. The largest absolute Gasteiger partial charge is 0.478 e. The van der Waals surface area contributed by atoms with E-state index in [9.17, 15) is 18.0 Å². The number of carboxylic acid groups (broad SMARTS) is 1. The predicted molar refractivity (Wildman–Crippen MR) is 85.6 cm³/mol. The normalized spacial score (nSPS) is 10.5. The molecular weight excluding hydrogens is 347 g/mol. The quantitative estimate of drug-likeness (QED) is 0.380. The summed E-state index contributed by atoms with van der Waals surface area (Å²) < 4.78 is 43.1. The molecule has 0 unspecified atom stereocenters. The summed E-state index contributed by atoms with van der Waals surface area (Å²) in [6, 6.07) is 2.21. The molecule has 0 aliphatic heterocycles. The number of rotatable bonds is 4. The molecule has 0 saturated carbocycles. The number of aromatic carboxylic acids is 1. The van der Waals surface area contributed by atoms with Crippen LogP contribution >= 0.6 is 11.6 Å². The van der Waals surface area contributed by atoms with Gasteiger partial charge in [-0.05, 0) is 12.1 Å². The van der Waals surface area contributed by atoms with Gasteiger partial charge in [0, 0.05) is 30.0 Å². The molecular formula is C15H11ClF3N3O2. The van der Waals surface area contributed by atoms with Crippen LogP contribution in [0.5, 0.6) is 0 Å². The summed E-state index contributed by atoms with van der Waals surface area (Å²) in [7, 11) is 1.39. The molecule has 0 aromatic heterocycles. The summed E-state index contributed by atoms with van der Waals surface area (Å²) in [4.78, 5) is 11.0. The average molecular weight is 358 g/mol. The van der Waals surface area contributed by atoms with Gasteiger partial charge in [-0.25, -0.2) is 18.0 Å². The number of hydrogen-bond donors (Lipinski definition) is 4. The Bertz CT molecular complexity index is 843. The monoisotopic (exact) mass is 357 g/mol. The molecule has 0 bridgehead atoms. The fraction of sp³-hybridized carbons (Fsp3) is 0.0667. The van der Waals surface area contributed by atoms with Crippen molar-refractivity contribution in [1.29, 1.82) is 5.41 Å². The van der Waals surface area contributed by atoms with Crippen LogP contribution in [0.4, 0.5) is 24.5 Å². The van der Waals surface area contributed by atoms with E-state index in [2.05, 4.69) is 5.32 Å². The Morgan fingerprint density at radius 1 is 1.29 bits per heavy atom. The highest BCUT2D eigenvalue weighted by atomic mass is 35.5. The standard InChI is InChI=1S/C15H11ClF3N3O2/c1-22-14-5(4-20)2-3-6(17)7(14)8-10(16)11(18)9(15(23)24)13(21)12(8)19/h2-4,20,22H,21H2,1H3,(H,23,24). The topological polar surface area (TPSA) is 99.2 Å². The number of anilines is 2. The minimum atomic E-state index is -1.81. The predicted octanol–water partition coefficient (Wildman–Crippen LogP) is 3.74. The van der Waals surface area contributed by atoms with E-state index in [1.165, 1.54) is 13.1 Å². The van der Waals surface area contributed by atoms with Gasteiger partial charge in [0.15, 0.2) is 11.6 Å². The van der Waals surface area contributed by atoms with Crippen LogP contribution in [-0.2, 0) is 0 Å². The van der Waals surface area contributed by atoms with Gasteiger partial charge in [-0.2, -0.15) is 0 Å². The molecule has 5 N–H and O–H groups in total. The molecule has 0 spiro atoms. The summed E-state index contributed by atoms with van der Waals surface area (Å²) >= 11 is 5.77. The second-order valence-electron chi connectivity index (χ2n) is 4.69. The lowest BCUT2D eigenvalue weighted by atomic mass is 9.96. The lowest BCUT2D eigenvalue weighted by molar-refractivity contribution is 0.0692. The fourth-order valence-corrected chi connectivity index (χ4v) is 2.61. The number of nitrogens with one attached hydrogen (secondary N) is 2. The van der Waals surface area contributed by atoms with E-state index in [4.69, 9.17) is 27.9 Å². The summed E-state index contributed by atoms with van der Waals surface area (Å²) in [6.45, 7) is 0. The first-order valence-electron chi connectivity index (χ1n) is 6.46. The van der Waals surface area contributed by atoms with Crippen molar-refractivity contribution < 1.29 is 23.1 Å². The molecule has 0 saturated heterocycles. The number of hydrogen-bond acceptors (Lipinski definition) is 4. The van der Waals surface area contributed by atoms with E-state index in [1.54, 1.807) is 0 Å². The molecule has 0 fully saturated rings. The minimum absolute atomic E-state index is 0.0207. The first-order valence-corrected chi connectivity index (χ1v) is 6.84. The van der Waals surface area contributed by atoms with Crippen LogP contribution in [0, 0.1) is 22.9 Å². The first-order chi connectivity index (χ1) is 11.3. The molecule has 24 heavy (non-hydrogen) atoms. The highest BCUT2D eigenvalue weighted by molar-refractivity contribution is 6.34. The second kappa shape index (κ2) is 6.40. The van der Waals surface area contributed by atoms with Crippen molar-refractivity contribution in [3.05, 3.63) is 45.7 Å². The van der Waals surface area contributed by atoms with Gasteiger partial charge in [0.05, 0.1) is 16.4 Å². The Hall–Kier alpha value is -2.74. The molecule has 9 heteroatoms. The van der Waals surface area contributed by atoms with Gasteiger partial charge < -0.3 is 21.6 Å². The summed E-state index contributed by atoms with van der Waals surface area (Å²) in [5.41, 5.74) is 2.22. The molecule has 5 nitrogen and oxygen atoms in total. The van der Waals surface area contributed by atoms with Crippen LogP contribution in [0.25, 0.3) is 11.1 Å². The molecule has 0 amide bonds. The van der Waals surface area contributed by atoms with Crippen LogP contribution in [-0.4, -0.2) is 24.3 Å². The lowest BCUT2D eigenvalue weighted by Crippen LogP contribution is -2.11. The Morgan fingerprint density at radius 2 is 1.92 bits per heavy atom. The maximum atomic E-state index is 14.6. The van der Waals surface area contributed by atoms with Crippen molar-refractivity contribution in [2.24, 2.45) is 0 Å². The molecule has 0 aliphatic rings. The van der Waals surface area contributed by atoms with Crippen molar-refractivity contribution in [3.8, 4) is 11.1 Å². The Labute approximate surface area is 139 Å². The van der Waals surface area contributed by atoms with Gasteiger partial charge in [-0.1, -0.05) is 11.6 Å². The van der Waals surface area contributed by atoms with Gasteiger partial charge in [0.2, 0.25) is 0 Å². The molecule has 126 valence electrons. The van der Waals surface area contributed by atoms with E-state index in [-0.39, 0.29) is 11.3 Å². The maximum Gasteiger partial charge on any atom is 0.340 e. The van der Waals surface area contributed by atoms with E-state index < -0.39 is 50.8 Å². The molecule has 2 rings (SSSR count). The molecule has 2 aromatic rings. The van der Waals surface area contributed by atoms with Crippen LogP contribution < -0.4 is 11.1 Å². The zero-order chi connectivity index (χ0) is 18.2.